The van der Waals surface area contributed by atoms with Crippen LogP contribution >= 0.6 is 0 Å². The van der Waals surface area contributed by atoms with Gasteiger partial charge in [-0.15, -0.1) is 5.10 Å². The first kappa shape index (κ1) is 19.5. The zero-order valence-electron chi connectivity index (χ0n) is 16.0. The predicted octanol–water partition coefficient (Wildman–Crippen LogP) is 4.06. The molecule has 0 N–H and O–H groups in total. The molecule has 6 heteroatoms. The molecule has 144 valence electrons. The zero-order chi connectivity index (χ0) is 20.3. The Bertz CT molecular complexity index is 1060. The molecule has 0 bridgehead atoms. The van der Waals surface area contributed by atoms with Crippen molar-refractivity contribution in [3.05, 3.63) is 81.9 Å². The quantitative estimate of drug-likeness (QED) is 0.605. The molecule has 0 aliphatic carbocycles. The summed E-state index contributed by atoms with van der Waals surface area (Å²) in [5, 5.41) is 4.34. The molecule has 0 aliphatic heterocycles. The minimum atomic E-state index is -0.510. The van der Waals surface area contributed by atoms with Crippen LogP contribution in [0.15, 0.2) is 59.4 Å². The lowest BCUT2D eigenvalue weighted by Crippen LogP contribution is -2.27. The molecule has 1 unspecified atom stereocenters. The van der Waals surface area contributed by atoms with Crippen LogP contribution in [0.4, 0.5) is 4.39 Å². The second kappa shape index (κ2) is 8.17. The highest BCUT2D eigenvalue weighted by Crippen LogP contribution is 2.31. The van der Waals surface area contributed by atoms with Crippen LogP contribution in [-0.4, -0.2) is 22.7 Å². The van der Waals surface area contributed by atoms with Gasteiger partial charge in [-0.05, 0) is 44.0 Å². The number of hydrogen-bond donors (Lipinski definition) is 0. The summed E-state index contributed by atoms with van der Waals surface area (Å²) in [7, 11) is 1.43. The molecule has 0 fully saturated rings. The number of Topliss-reactive ketones (excluding diaryl/α,β-unsaturated/α-hetero) is 1. The summed E-state index contributed by atoms with van der Waals surface area (Å²) >= 11 is 0. The van der Waals surface area contributed by atoms with Gasteiger partial charge in [-0.2, -0.15) is 0 Å². The summed E-state index contributed by atoms with van der Waals surface area (Å²) in [5.41, 5.74) is 1.61. The molecular formula is C22H21FN2O3. The Labute approximate surface area is 162 Å². The van der Waals surface area contributed by atoms with Crippen LogP contribution < -0.4 is 10.3 Å². The number of carbonyl (C=O) groups is 1. The Morgan fingerprint density at radius 3 is 2.50 bits per heavy atom. The van der Waals surface area contributed by atoms with Gasteiger partial charge in [-0.3, -0.25) is 9.59 Å². The Hall–Kier alpha value is -3.28. The number of aromatic nitrogens is 2. The maximum absolute atomic E-state index is 13.8. The zero-order valence-corrected chi connectivity index (χ0v) is 16.0. The van der Waals surface area contributed by atoms with E-state index < -0.39 is 5.82 Å². The van der Waals surface area contributed by atoms with Crippen molar-refractivity contribution in [3.63, 3.8) is 0 Å². The first-order valence-corrected chi connectivity index (χ1v) is 8.93. The SMILES string of the molecule is COc1nn(C(C)Cc2ccccc2)c(=O)cc1-c1cc(F)ccc1C(C)=O. The van der Waals surface area contributed by atoms with E-state index in [1.54, 1.807) is 0 Å². The van der Waals surface area contributed by atoms with E-state index in [9.17, 15) is 14.0 Å². The number of benzene rings is 2. The second-order valence-corrected chi connectivity index (χ2v) is 6.63. The fourth-order valence-electron chi connectivity index (χ4n) is 3.20. The molecule has 1 aromatic heterocycles. The summed E-state index contributed by atoms with van der Waals surface area (Å²) in [6, 6.07) is 14.7. The highest BCUT2D eigenvalue weighted by molar-refractivity contribution is 6.01. The third-order valence-corrected chi connectivity index (χ3v) is 4.56. The summed E-state index contributed by atoms with van der Waals surface area (Å²) in [5.74, 6) is -0.588. The molecular weight excluding hydrogens is 359 g/mol. The van der Waals surface area contributed by atoms with Gasteiger partial charge in [-0.1, -0.05) is 30.3 Å². The minimum absolute atomic E-state index is 0.160. The van der Waals surface area contributed by atoms with Crippen molar-refractivity contribution in [2.45, 2.75) is 26.3 Å². The second-order valence-electron chi connectivity index (χ2n) is 6.63. The molecule has 0 radical (unpaired) electrons. The van der Waals surface area contributed by atoms with Crippen molar-refractivity contribution in [2.75, 3.05) is 7.11 Å². The van der Waals surface area contributed by atoms with Gasteiger partial charge >= 0.3 is 0 Å². The lowest BCUT2D eigenvalue weighted by Gasteiger charge is -2.17. The highest BCUT2D eigenvalue weighted by Gasteiger charge is 2.19. The van der Waals surface area contributed by atoms with Crippen LogP contribution in [0.1, 0.15) is 35.8 Å². The number of carbonyl (C=O) groups excluding carboxylic acids is 1. The van der Waals surface area contributed by atoms with Crippen LogP contribution in [0.2, 0.25) is 0 Å². The van der Waals surface area contributed by atoms with Gasteiger partial charge in [0.25, 0.3) is 5.56 Å². The van der Waals surface area contributed by atoms with Gasteiger partial charge in [0.15, 0.2) is 5.78 Å². The maximum Gasteiger partial charge on any atom is 0.267 e. The molecule has 28 heavy (non-hydrogen) atoms. The smallest absolute Gasteiger partial charge is 0.267 e. The van der Waals surface area contributed by atoms with Gasteiger partial charge in [0.05, 0.1) is 18.7 Å². The third kappa shape index (κ3) is 4.01. The molecule has 1 atom stereocenters. The first-order valence-electron chi connectivity index (χ1n) is 8.93. The van der Waals surface area contributed by atoms with Crippen molar-refractivity contribution >= 4 is 5.78 Å². The van der Waals surface area contributed by atoms with Gasteiger partial charge in [-0.25, -0.2) is 9.07 Å². The lowest BCUT2D eigenvalue weighted by atomic mass is 9.98. The normalized spacial score (nSPS) is 11.9. The largest absolute Gasteiger partial charge is 0.480 e. The summed E-state index contributed by atoms with van der Waals surface area (Å²) in [6.45, 7) is 3.28. The highest BCUT2D eigenvalue weighted by atomic mass is 19.1. The predicted molar refractivity (Wildman–Crippen MR) is 105 cm³/mol. The standard InChI is InChI=1S/C22H21FN2O3/c1-14(11-16-7-5-4-6-8-16)25-21(27)13-20(22(24-25)28-3)19-12-17(23)9-10-18(19)15(2)26/h4-10,12-14H,11H2,1-3H3. The van der Waals surface area contributed by atoms with Crippen LogP contribution in [0, 0.1) is 5.82 Å². The number of hydrogen-bond acceptors (Lipinski definition) is 4. The fraction of sp³-hybridized carbons (Fsp3) is 0.227. The Kier molecular flexibility index (Phi) is 5.68. The van der Waals surface area contributed by atoms with E-state index in [0.29, 0.717) is 17.5 Å². The topological polar surface area (TPSA) is 61.2 Å². The monoisotopic (exact) mass is 380 g/mol. The lowest BCUT2D eigenvalue weighted by molar-refractivity contribution is 0.101. The van der Waals surface area contributed by atoms with Crippen LogP contribution in [0.25, 0.3) is 11.1 Å². The molecule has 0 amide bonds. The van der Waals surface area contributed by atoms with Gasteiger partial charge in [0.2, 0.25) is 5.88 Å². The van der Waals surface area contributed by atoms with E-state index in [1.165, 1.54) is 43.0 Å². The number of methoxy groups -OCH3 is 1. The Balaban J connectivity index is 2.07. The molecule has 5 nitrogen and oxygen atoms in total. The molecule has 0 saturated heterocycles. The van der Waals surface area contributed by atoms with Crippen molar-refractivity contribution in [1.29, 1.82) is 0 Å². The van der Waals surface area contributed by atoms with Crippen molar-refractivity contribution in [2.24, 2.45) is 0 Å². The van der Waals surface area contributed by atoms with E-state index in [0.717, 1.165) is 5.56 Å². The summed E-state index contributed by atoms with van der Waals surface area (Å²) in [4.78, 5) is 24.7. The van der Waals surface area contributed by atoms with Gasteiger partial charge < -0.3 is 4.74 Å². The maximum atomic E-state index is 13.8. The number of ketones is 1. The molecule has 1 heterocycles. The van der Waals surface area contributed by atoms with Crippen LogP contribution in [0.3, 0.4) is 0 Å². The summed E-state index contributed by atoms with van der Waals surface area (Å²) in [6.07, 6.45) is 0.620. The Morgan fingerprint density at radius 2 is 1.86 bits per heavy atom. The van der Waals surface area contributed by atoms with Gasteiger partial charge in [0, 0.05) is 17.2 Å². The van der Waals surface area contributed by atoms with E-state index in [2.05, 4.69) is 5.10 Å². The molecule has 0 spiro atoms. The minimum Gasteiger partial charge on any atom is -0.480 e. The van der Waals surface area contributed by atoms with Crippen molar-refractivity contribution < 1.29 is 13.9 Å². The average Bonchev–Trinajstić information content (AvgIpc) is 2.68. The number of nitrogens with zero attached hydrogens (tertiary/aromatic N) is 2. The number of rotatable bonds is 6. The van der Waals surface area contributed by atoms with Crippen LogP contribution in [0.5, 0.6) is 5.88 Å². The Morgan fingerprint density at radius 1 is 1.14 bits per heavy atom. The molecule has 0 aliphatic rings. The van der Waals surface area contributed by atoms with E-state index in [1.807, 2.05) is 37.3 Å². The fourth-order valence-corrected chi connectivity index (χ4v) is 3.20. The van der Waals surface area contributed by atoms with E-state index in [4.69, 9.17) is 4.74 Å². The molecule has 3 rings (SSSR count). The van der Waals surface area contributed by atoms with Gasteiger partial charge in [0.1, 0.15) is 5.82 Å². The van der Waals surface area contributed by atoms with Crippen LogP contribution in [-0.2, 0) is 6.42 Å². The average molecular weight is 380 g/mol. The third-order valence-electron chi connectivity index (χ3n) is 4.56. The number of ether oxygens (including phenoxy) is 1. The first-order chi connectivity index (χ1) is 13.4. The van der Waals surface area contributed by atoms with E-state index >= 15 is 0 Å². The number of halogens is 1. The van der Waals surface area contributed by atoms with E-state index in [-0.39, 0.29) is 28.8 Å². The summed E-state index contributed by atoms with van der Waals surface area (Å²) < 4.78 is 20.5. The molecule has 3 aromatic rings. The molecule has 0 saturated carbocycles. The van der Waals surface area contributed by atoms with Crippen molar-refractivity contribution in [1.82, 2.24) is 9.78 Å². The van der Waals surface area contributed by atoms with Crippen molar-refractivity contribution in [3.8, 4) is 17.0 Å². The molecule has 2 aromatic carbocycles.